The Kier molecular flexibility index (Phi) is 4.99. The molecule has 1 rings (SSSR count). The molecule has 1 aromatic heterocycles. The minimum absolute atomic E-state index is 0.00276. The highest BCUT2D eigenvalue weighted by atomic mass is 35.5. The molecular formula is C10H12Cl2N2O2. The monoisotopic (exact) mass is 262 g/mol. The van der Waals surface area contributed by atoms with Gasteiger partial charge < -0.3 is 10.4 Å². The number of rotatable bonds is 4. The molecule has 88 valence electrons. The lowest BCUT2D eigenvalue weighted by Crippen LogP contribution is -2.29. The Morgan fingerprint density at radius 2 is 2.25 bits per heavy atom. The van der Waals surface area contributed by atoms with Crippen LogP contribution < -0.4 is 5.32 Å². The molecule has 0 bridgehead atoms. The average Bonchev–Trinajstić information content (AvgIpc) is 2.25. The Labute approximate surface area is 104 Å². The van der Waals surface area contributed by atoms with Gasteiger partial charge in [-0.2, -0.15) is 0 Å². The first kappa shape index (κ1) is 13.2. The fraction of sp³-hybridized carbons (Fsp3) is 0.400. The van der Waals surface area contributed by atoms with Gasteiger partial charge in [0.15, 0.2) is 0 Å². The lowest BCUT2D eigenvalue weighted by Gasteiger charge is -2.10. The number of aliphatic hydroxyl groups is 1. The molecule has 1 atom stereocenters. The number of amides is 1. The summed E-state index contributed by atoms with van der Waals surface area (Å²) in [4.78, 5) is 15.4. The summed E-state index contributed by atoms with van der Waals surface area (Å²) in [6.07, 6.45) is 0. The average molecular weight is 263 g/mol. The normalized spacial score (nSPS) is 12.2. The van der Waals surface area contributed by atoms with Crippen LogP contribution in [-0.2, 0) is 0 Å². The third-order valence-corrected chi connectivity index (χ3v) is 2.48. The van der Waals surface area contributed by atoms with Crippen LogP contribution in [0, 0.1) is 5.92 Å². The molecule has 1 heterocycles. The smallest absolute Gasteiger partial charge is 0.254 e. The number of hydrogen-bond acceptors (Lipinski definition) is 3. The van der Waals surface area contributed by atoms with Crippen LogP contribution in [0.5, 0.6) is 0 Å². The number of carbonyl (C=O) groups is 1. The molecule has 6 heteroatoms. The summed E-state index contributed by atoms with van der Waals surface area (Å²) in [5.74, 6) is -0.322. The molecule has 0 saturated carbocycles. The number of aliphatic hydroxyl groups excluding tert-OH is 1. The lowest BCUT2D eigenvalue weighted by molar-refractivity contribution is 0.0942. The fourth-order valence-electron chi connectivity index (χ4n) is 1.01. The van der Waals surface area contributed by atoms with Crippen molar-refractivity contribution in [1.29, 1.82) is 0 Å². The standard InChI is InChI=1S/C10H12Cl2N2O2/c1-6(5-15)4-13-10(16)7-2-3-8(11)14-9(7)12/h2-3,6,15H,4-5H2,1H3,(H,13,16). The van der Waals surface area contributed by atoms with Crippen molar-refractivity contribution in [1.82, 2.24) is 10.3 Å². The van der Waals surface area contributed by atoms with Crippen LogP contribution in [0.25, 0.3) is 0 Å². The van der Waals surface area contributed by atoms with E-state index in [9.17, 15) is 4.79 Å². The van der Waals surface area contributed by atoms with Crippen molar-refractivity contribution < 1.29 is 9.90 Å². The molecule has 0 aliphatic rings. The second-order valence-corrected chi connectivity index (χ2v) is 4.22. The summed E-state index contributed by atoms with van der Waals surface area (Å²) >= 11 is 11.4. The van der Waals surface area contributed by atoms with Gasteiger partial charge in [0.25, 0.3) is 5.91 Å². The topological polar surface area (TPSA) is 62.2 Å². The number of carbonyl (C=O) groups excluding carboxylic acids is 1. The molecule has 16 heavy (non-hydrogen) atoms. The molecule has 0 radical (unpaired) electrons. The van der Waals surface area contributed by atoms with Gasteiger partial charge in [-0.05, 0) is 18.1 Å². The van der Waals surface area contributed by atoms with Gasteiger partial charge in [0.1, 0.15) is 10.3 Å². The van der Waals surface area contributed by atoms with E-state index in [4.69, 9.17) is 28.3 Å². The highest BCUT2D eigenvalue weighted by molar-refractivity contribution is 6.34. The zero-order valence-corrected chi connectivity index (χ0v) is 10.2. The maximum atomic E-state index is 11.6. The van der Waals surface area contributed by atoms with E-state index >= 15 is 0 Å². The van der Waals surface area contributed by atoms with Crippen molar-refractivity contribution in [2.45, 2.75) is 6.92 Å². The van der Waals surface area contributed by atoms with E-state index < -0.39 is 0 Å². The van der Waals surface area contributed by atoms with Crippen molar-refractivity contribution in [3.63, 3.8) is 0 Å². The first-order valence-electron chi connectivity index (χ1n) is 4.75. The van der Waals surface area contributed by atoms with E-state index in [1.165, 1.54) is 12.1 Å². The number of nitrogens with one attached hydrogen (secondary N) is 1. The van der Waals surface area contributed by atoms with Gasteiger partial charge in [-0.15, -0.1) is 0 Å². The van der Waals surface area contributed by atoms with Crippen molar-refractivity contribution in [2.75, 3.05) is 13.2 Å². The Bertz CT molecular complexity index is 385. The molecule has 4 nitrogen and oxygen atoms in total. The zero-order valence-electron chi connectivity index (χ0n) is 8.70. The summed E-state index contributed by atoms with van der Waals surface area (Å²) < 4.78 is 0. The van der Waals surface area contributed by atoms with Gasteiger partial charge in [0.05, 0.1) is 5.56 Å². The summed E-state index contributed by atoms with van der Waals surface area (Å²) in [6.45, 7) is 2.23. The molecule has 1 amide bonds. The summed E-state index contributed by atoms with van der Waals surface area (Å²) in [5, 5.41) is 11.8. The maximum absolute atomic E-state index is 11.6. The molecule has 0 aromatic carbocycles. The molecule has 0 fully saturated rings. The maximum Gasteiger partial charge on any atom is 0.254 e. The number of aromatic nitrogens is 1. The first-order chi connectivity index (χ1) is 7.54. The van der Waals surface area contributed by atoms with Crippen LogP contribution in [0.4, 0.5) is 0 Å². The molecule has 0 spiro atoms. The van der Waals surface area contributed by atoms with Gasteiger partial charge in [-0.1, -0.05) is 30.1 Å². The van der Waals surface area contributed by atoms with E-state index in [2.05, 4.69) is 10.3 Å². The second kappa shape index (κ2) is 6.03. The van der Waals surface area contributed by atoms with Gasteiger partial charge in [-0.25, -0.2) is 4.98 Å². The number of halogens is 2. The molecule has 0 saturated heterocycles. The van der Waals surface area contributed by atoms with E-state index in [0.29, 0.717) is 6.54 Å². The quantitative estimate of drug-likeness (QED) is 0.813. The van der Waals surface area contributed by atoms with E-state index in [-0.39, 0.29) is 34.3 Å². The van der Waals surface area contributed by atoms with Crippen LogP contribution in [0.15, 0.2) is 12.1 Å². The molecule has 2 N–H and O–H groups in total. The second-order valence-electron chi connectivity index (χ2n) is 3.47. The molecule has 1 unspecified atom stereocenters. The number of pyridine rings is 1. The SMILES string of the molecule is CC(CO)CNC(=O)c1ccc(Cl)nc1Cl. The molecule has 0 aliphatic carbocycles. The van der Waals surface area contributed by atoms with E-state index in [0.717, 1.165) is 0 Å². The largest absolute Gasteiger partial charge is 0.396 e. The summed E-state index contributed by atoms with van der Waals surface area (Å²) in [7, 11) is 0. The predicted octanol–water partition coefficient (Wildman–Crippen LogP) is 1.75. The van der Waals surface area contributed by atoms with Crippen molar-refractivity contribution in [3.8, 4) is 0 Å². The van der Waals surface area contributed by atoms with Crippen LogP contribution in [0.3, 0.4) is 0 Å². The van der Waals surface area contributed by atoms with Crippen LogP contribution in [0.2, 0.25) is 10.3 Å². The molecule has 1 aromatic rings. The fourth-order valence-corrected chi connectivity index (χ4v) is 1.44. The Balaban J connectivity index is 2.66. The highest BCUT2D eigenvalue weighted by Crippen LogP contribution is 2.16. The van der Waals surface area contributed by atoms with Crippen molar-refractivity contribution >= 4 is 29.1 Å². The van der Waals surface area contributed by atoms with Crippen LogP contribution in [0.1, 0.15) is 17.3 Å². The van der Waals surface area contributed by atoms with Gasteiger partial charge >= 0.3 is 0 Å². The zero-order chi connectivity index (χ0) is 12.1. The first-order valence-corrected chi connectivity index (χ1v) is 5.51. The highest BCUT2D eigenvalue weighted by Gasteiger charge is 2.12. The van der Waals surface area contributed by atoms with E-state index in [1.54, 1.807) is 0 Å². The van der Waals surface area contributed by atoms with Crippen LogP contribution in [-0.4, -0.2) is 29.1 Å². The van der Waals surface area contributed by atoms with Crippen molar-refractivity contribution in [3.05, 3.63) is 28.0 Å². The number of nitrogens with zero attached hydrogens (tertiary/aromatic N) is 1. The molecule has 0 aliphatic heterocycles. The molecular weight excluding hydrogens is 251 g/mol. The third-order valence-electron chi connectivity index (χ3n) is 1.98. The minimum atomic E-state index is -0.325. The minimum Gasteiger partial charge on any atom is -0.396 e. The Morgan fingerprint density at radius 1 is 1.56 bits per heavy atom. The summed E-state index contributed by atoms with van der Waals surface area (Å²) in [5.41, 5.74) is 0.274. The van der Waals surface area contributed by atoms with Gasteiger partial charge in [0, 0.05) is 13.2 Å². The van der Waals surface area contributed by atoms with Gasteiger partial charge in [-0.3, -0.25) is 4.79 Å². The van der Waals surface area contributed by atoms with E-state index in [1.807, 2.05) is 6.92 Å². The lowest BCUT2D eigenvalue weighted by atomic mass is 10.2. The van der Waals surface area contributed by atoms with Crippen LogP contribution >= 0.6 is 23.2 Å². The third kappa shape index (κ3) is 3.63. The predicted molar refractivity (Wildman–Crippen MR) is 62.8 cm³/mol. The Hall–Kier alpha value is -0.840. The number of hydrogen-bond donors (Lipinski definition) is 2. The van der Waals surface area contributed by atoms with Gasteiger partial charge in [0.2, 0.25) is 0 Å². The Morgan fingerprint density at radius 3 is 2.81 bits per heavy atom. The summed E-state index contributed by atoms with van der Waals surface area (Å²) in [6, 6.07) is 3.01. The van der Waals surface area contributed by atoms with Crippen molar-refractivity contribution in [2.24, 2.45) is 5.92 Å².